The molecule has 168 valence electrons. The zero-order valence-corrected chi connectivity index (χ0v) is 22.7. The van der Waals surface area contributed by atoms with Crippen molar-refractivity contribution >= 4 is 23.0 Å². The average molecular weight is 482 g/mol. The van der Waals surface area contributed by atoms with E-state index in [1.54, 1.807) is 30.3 Å². The van der Waals surface area contributed by atoms with Crippen LogP contribution in [0.4, 0.5) is 5.69 Å². The third kappa shape index (κ3) is 7.17. The van der Waals surface area contributed by atoms with E-state index >= 15 is 0 Å². The summed E-state index contributed by atoms with van der Waals surface area (Å²) in [5, 5.41) is 18.6. The van der Waals surface area contributed by atoms with Gasteiger partial charge in [-0.1, -0.05) is 18.2 Å². The van der Waals surface area contributed by atoms with Gasteiger partial charge in [-0.2, -0.15) is 10.4 Å². The first-order valence-corrected chi connectivity index (χ1v) is 10.6. The summed E-state index contributed by atoms with van der Waals surface area (Å²) in [5.41, 5.74) is 6.32. The summed E-state index contributed by atoms with van der Waals surface area (Å²) in [6.07, 6.45) is 6.71. The number of nitriles is 1. The van der Waals surface area contributed by atoms with Gasteiger partial charge in [0.2, 0.25) is 0 Å². The Balaban J connectivity index is 0.00000408. The van der Waals surface area contributed by atoms with Crippen LogP contribution in [-0.2, 0) is 0 Å². The van der Waals surface area contributed by atoms with Gasteiger partial charge in [-0.3, -0.25) is 4.79 Å². The molecule has 9 heteroatoms. The van der Waals surface area contributed by atoms with Crippen LogP contribution in [0.1, 0.15) is 42.6 Å². The van der Waals surface area contributed by atoms with Gasteiger partial charge in [0.05, 0.1) is 18.9 Å². The zero-order chi connectivity index (χ0) is 23.6. The van der Waals surface area contributed by atoms with Crippen molar-refractivity contribution < 1.29 is 65.7 Å². The molecule has 1 heterocycles. The molecule has 0 unspecified atom stereocenters. The number of rotatable bonds is 8. The minimum atomic E-state index is -0.248. The fraction of sp³-hybridized carbons (Fsp3) is 0.280. The van der Waals surface area contributed by atoms with Crippen molar-refractivity contribution in [1.29, 1.82) is 5.26 Å². The Morgan fingerprint density at radius 3 is 2.68 bits per heavy atom. The number of nitrogens with zero attached hydrogens (tertiary/aromatic N) is 5. The predicted molar refractivity (Wildman–Crippen MR) is 127 cm³/mol. The molecule has 0 atom stereocenters. The molecule has 0 spiro atoms. The van der Waals surface area contributed by atoms with Gasteiger partial charge < -0.3 is 20.0 Å². The minimum Gasteiger partial charge on any atom is -0.574 e. The van der Waals surface area contributed by atoms with Gasteiger partial charge in [-0.25, -0.2) is 5.01 Å². The third-order valence-electron chi connectivity index (χ3n) is 4.74. The molecule has 8 nitrogen and oxygen atoms in total. The van der Waals surface area contributed by atoms with Crippen LogP contribution >= 0.6 is 0 Å². The maximum absolute atomic E-state index is 13.1. The molecule has 1 aliphatic rings. The Morgan fingerprint density at radius 1 is 1.21 bits per heavy atom. The first-order valence-electron chi connectivity index (χ1n) is 10.6. The third-order valence-corrected chi connectivity index (χ3v) is 4.74. The Bertz CT molecular complexity index is 1150. The molecule has 2 aromatic rings. The van der Waals surface area contributed by atoms with Gasteiger partial charge in [-0.15, -0.1) is 12.1 Å². The molecule has 0 fully saturated rings. The molecule has 0 saturated heterocycles. The summed E-state index contributed by atoms with van der Waals surface area (Å²) in [4.78, 5) is 13.1. The van der Waals surface area contributed by atoms with Crippen LogP contribution < -0.4 is 60.9 Å². The topological polar surface area (TPSA) is 101 Å². The number of ether oxygens (including phenoxy) is 2. The molecular formula is C25H24KN5O3. The van der Waals surface area contributed by atoms with Crippen molar-refractivity contribution in [1.82, 2.24) is 5.01 Å². The van der Waals surface area contributed by atoms with Gasteiger partial charge in [0, 0.05) is 17.7 Å². The number of benzene rings is 2. The standard InChI is InChI=1S/C25H24N5O3.K/c1-4-20(17-26)27-28-21-10-7-9-19(15-21)25(31)30-14-8-11-22(29-30)18-12-13-23(32-5-2)24(16-18)33-6-3;/h1,7,9-10,12-13,15-16H,5-6,8,11,14H2,2-3H3;/q-1;+1/b27-20-;. The van der Waals surface area contributed by atoms with Crippen molar-refractivity contribution in [3.63, 3.8) is 0 Å². The molecule has 0 saturated carbocycles. The Hall–Kier alpha value is -2.66. The molecule has 34 heavy (non-hydrogen) atoms. The van der Waals surface area contributed by atoms with Crippen LogP contribution in [0.25, 0.3) is 5.43 Å². The monoisotopic (exact) mass is 481 g/mol. The number of hydrazone groups is 1. The summed E-state index contributed by atoms with van der Waals surface area (Å²) in [5.74, 6) is 3.23. The Kier molecular flexibility index (Phi) is 11.3. The molecule has 1 aliphatic heterocycles. The van der Waals surface area contributed by atoms with Gasteiger partial charge in [0.1, 0.15) is 6.07 Å². The second-order valence-electron chi connectivity index (χ2n) is 6.96. The Morgan fingerprint density at radius 2 is 1.97 bits per heavy atom. The smallest absolute Gasteiger partial charge is 0.574 e. The van der Waals surface area contributed by atoms with Crippen LogP contribution in [0.15, 0.2) is 52.7 Å². The van der Waals surface area contributed by atoms with Gasteiger partial charge in [0.15, 0.2) is 17.2 Å². The second kappa shape index (κ2) is 13.9. The molecular weight excluding hydrogens is 457 g/mol. The van der Waals surface area contributed by atoms with Crippen molar-refractivity contribution in [3.8, 4) is 29.9 Å². The van der Waals surface area contributed by atoms with E-state index < -0.39 is 0 Å². The van der Waals surface area contributed by atoms with Crippen LogP contribution in [0, 0.1) is 23.7 Å². The van der Waals surface area contributed by atoms with Gasteiger partial charge >= 0.3 is 51.4 Å². The van der Waals surface area contributed by atoms with E-state index in [0.29, 0.717) is 42.5 Å². The van der Waals surface area contributed by atoms with E-state index in [0.717, 1.165) is 24.1 Å². The maximum atomic E-state index is 13.1. The van der Waals surface area contributed by atoms with Crippen LogP contribution in [-0.4, -0.2) is 42.1 Å². The maximum Gasteiger partial charge on any atom is 1.00 e. The first kappa shape index (κ1) is 27.6. The van der Waals surface area contributed by atoms with Crippen molar-refractivity contribution in [2.45, 2.75) is 26.7 Å². The van der Waals surface area contributed by atoms with Crippen molar-refractivity contribution in [2.24, 2.45) is 10.2 Å². The predicted octanol–water partition coefficient (Wildman–Crippen LogP) is 1.65. The van der Waals surface area contributed by atoms with Crippen molar-refractivity contribution in [2.75, 3.05) is 19.8 Å². The van der Waals surface area contributed by atoms with E-state index in [1.807, 2.05) is 32.0 Å². The number of amides is 1. The minimum absolute atomic E-state index is 0. The second-order valence-corrected chi connectivity index (χ2v) is 6.96. The fourth-order valence-corrected chi connectivity index (χ4v) is 3.26. The number of terminal acetylenes is 1. The molecule has 0 radical (unpaired) electrons. The SMILES string of the molecule is C#C/C(C#N)=N/[N-]c1cccc(C(=O)N2CCCC(c3ccc(OCC)c(OCC)c3)=N2)c1.[K+]. The fourth-order valence-electron chi connectivity index (χ4n) is 3.26. The normalized spacial score (nSPS) is 13.0. The van der Waals surface area contributed by atoms with Gasteiger partial charge in [0.25, 0.3) is 5.91 Å². The molecule has 1 amide bonds. The number of carbonyl (C=O) groups excluding carboxylic acids is 1. The summed E-state index contributed by atoms with van der Waals surface area (Å²) in [7, 11) is 0. The number of hydrogen-bond donors (Lipinski definition) is 0. The number of hydrogen-bond acceptors (Lipinski definition) is 6. The van der Waals surface area contributed by atoms with Crippen LogP contribution in [0.2, 0.25) is 0 Å². The summed E-state index contributed by atoms with van der Waals surface area (Å²) in [6.45, 7) is 5.40. The summed E-state index contributed by atoms with van der Waals surface area (Å²) >= 11 is 0. The van der Waals surface area contributed by atoms with Crippen molar-refractivity contribution in [3.05, 3.63) is 59.0 Å². The van der Waals surface area contributed by atoms with Gasteiger partial charge in [-0.05, 0) is 56.9 Å². The van der Waals surface area contributed by atoms with E-state index in [1.165, 1.54) is 5.01 Å². The van der Waals surface area contributed by atoms with Crippen LogP contribution in [0.3, 0.4) is 0 Å². The molecule has 0 aromatic heterocycles. The summed E-state index contributed by atoms with van der Waals surface area (Å²) < 4.78 is 11.4. The first-order chi connectivity index (χ1) is 16.1. The molecule has 2 aromatic carbocycles. The number of carbonyl (C=O) groups is 1. The van der Waals surface area contributed by atoms with E-state index in [9.17, 15) is 4.79 Å². The Labute approximate surface area is 242 Å². The van der Waals surface area contributed by atoms with Crippen LogP contribution in [0.5, 0.6) is 11.5 Å². The largest absolute Gasteiger partial charge is 1.00 e. The summed E-state index contributed by atoms with van der Waals surface area (Å²) in [6, 6.07) is 14.1. The molecule has 0 aliphatic carbocycles. The van der Waals surface area contributed by atoms with E-state index in [-0.39, 0.29) is 63.0 Å². The molecule has 0 bridgehead atoms. The zero-order valence-electron chi connectivity index (χ0n) is 19.6. The average Bonchev–Trinajstić information content (AvgIpc) is 2.86. The molecule has 0 N–H and O–H groups in total. The van der Waals surface area contributed by atoms with E-state index in [2.05, 4.69) is 21.5 Å². The van der Waals surface area contributed by atoms with E-state index in [4.69, 9.17) is 21.2 Å². The quantitative estimate of drug-likeness (QED) is 0.248. The molecule has 3 rings (SSSR count).